The summed E-state index contributed by atoms with van der Waals surface area (Å²) in [4.78, 5) is 30.6. The summed E-state index contributed by atoms with van der Waals surface area (Å²) in [6, 6.07) is 15.3. The summed E-state index contributed by atoms with van der Waals surface area (Å²) in [6.45, 7) is 1.94. The molecule has 0 spiro atoms. The molecule has 0 unspecified atom stereocenters. The molecule has 2 N–H and O–H groups in total. The van der Waals surface area contributed by atoms with Gasteiger partial charge in [-0.15, -0.1) is 0 Å². The highest BCUT2D eigenvalue weighted by Gasteiger charge is 2.49. The molecule has 9 heteroatoms. The van der Waals surface area contributed by atoms with E-state index in [0.717, 1.165) is 67.7 Å². The standard InChI is InChI=1S/C32H37F3N4O2/c1-38-18-12-23(13-19-38)29(40)37-24-14-20-39(21-15-24)17-7-6-16-31(30(41)36-22-32(33,34)35)27-10-4-2-8-25(27)26-9-3-5-11-28(26)31/h2-5,8-13,18,24H,6-7,14-17,19-22H2,1H3,(H,36,41)(H,37,40). The summed E-state index contributed by atoms with van der Waals surface area (Å²) in [6.07, 6.45) is 4.86. The molecule has 2 amide bonds. The number of likely N-dealkylation sites (tertiary alicyclic amines) is 1. The van der Waals surface area contributed by atoms with E-state index in [1.54, 1.807) is 0 Å². The van der Waals surface area contributed by atoms with E-state index in [1.165, 1.54) is 0 Å². The lowest BCUT2D eigenvalue weighted by Crippen LogP contribution is -2.47. The third-order valence-corrected chi connectivity index (χ3v) is 8.47. The number of alkyl halides is 3. The van der Waals surface area contributed by atoms with Crippen molar-refractivity contribution in [2.75, 3.05) is 39.8 Å². The maximum absolute atomic E-state index is 13.6. The SMILES string of the molecule is CN1C=CC(C(=O)NC2CCN(CCCCC3(C(=O)NCC(F)(F)F)c4ccccc4-c4ccccc43)CC2)=CC1. The molecule has 218 valence electrons. The van der Waals surface area contributed by atoms with Gasteiger partial charge in [0.05, 0.1) is 0 Å². The highest BCUT2D eigenvalue weighted by atomic mass is 19.4. The summed E-state index contributed by atoms with van der Waals surface area (Å²) >= 11 is 0. The second-order valence-corrected chi connectivity index (χ2v) is 11.3. The van der Waals surface area contributed by atoms with Crippen molar-refractivity contribution >= 4 is 11.8 Å². The van der Waals surface area contributed by atoms with Gasteiger partial charge < -0.3 is 20.4 Å². The number of fused-ring (bicyclic) bond motifs is 3. The molecule has 0 radical (unpaired) electrons. The Hall–Kier alpha value is -3.59. The minimum atomic E-state index is -4.49. The second kappa shape index (κ2) is 12.1. The Labute approximate surface area is 239 Å². The summed E-state index contributed by atoms with van der Waals surface area (Å²) in [5, 5.41) is 5.36. The molecule has 3 aliphatic rings. The third-order valence-electron chi connectivity index (χ3n) is 8.47. The van der Waals surface area contributed by atoms with Crippen LogP contribution < -0.4 is 10.6 Å². The van der Waals surface area contributed by atoms with Gasteiger partial charge in [-0.3, -0.25) is 9.59 Å². The molecule has 1 aliphatic carbocycles. The molecule has 2 heterocycles. The van der Waals surface area contributed by atoms with Crippen LogP contribution in [0.3, 0.4) is 0 Å². The Morgan fingerprint density at radius 1 is 0.976 bits per heavy atom. The molecular formula is C32H37F3N4O2. The van der Waals surface area contributed by atoms with Gasteiger partial charge in [-0.25, -0.2) is 0 Å². The van der Waals surface area contributed by atoms with Crippen LogP contribution in [0.2, 0.25) is 0 Å². The maximum atomic E-state index is 13.6. The van der Waals surface area contributed by atoms with Crippen molar-refractivity contribution in [3.05, 3.63) is 83.6 Å². The van der Waals surface area contributed by atoms with Gasteiger partial charge in [-0.05, 0) is 66.8 Å². The number of halogens is 3. The Morgan fingerprint density at radius 3 is 2.20 bits per heavy atom. The predicted molar refractivity (Wildman–Crippen MR) is 153 cm³/mol. The van der Waals surface area contributed by atoms with Gasteiger partial charge in [0.2, 0.25) is 5.91 Å². The molecule has 41 heavy (non-hydrogen) atoms. The van der Waals surface area contributed by atoms with E-state index in [9.17, 15) is 22.8 Å². The quantitative estimate of drug-likeness (QED) is 0.430. The van der Waals surface area contributed by atoms with Crippen LogP contribution in [-0.4, -0.2) is 73.6 Å². The van der Waals surface area contributed by atoms with E-state index < -0.39 is 24.0 Å². The monoisotopic (exact) mass is 566 g/mol. The Morgan fingerprint density at radius 2 is 1.61 bits per heavy atom. The number of hydrogen-bond donors (Lipinski definition) is 2. The summed E-state index contributed by atoms with van der Waals surface area (Å²) in [5.41, 5.74) is 2.89. The maximum Gasteiger partial charge on any atom is 0.405 e. The largest absolute Gasteiger partial charge is 0.405 e. The van der Waals surface area contributed by atoms with Crippen LogP contribution in [0.15, 0.2) is 72.5 Å². The first-order valence-electron chi connectivity index (χ1n) is 14.3. The number of likely N-dealkylation sites (N-methyl/N-ethyl adjacent to an activating group) is 1. The molecular weight excluding hydrogens is 529 g/mol. The highest BCUT2D eigenvalue weighted by Crippen LogP contribution is 2.51. The number of benzene rings is 2. The molecule has 5 rings (SSSR count). The summed E-state index contributed by atoms with van der Waals surface area (Å²) < 4.78 is 39.3. The lowest BCUT2D eigenvalue weighted by molar-refractivity contribution is -0.141. The molecule has 1 saturated heterocycles. The normalized spacial score (nSPS) is 18.4. The van der Waals surface area contributed by atoms with Gasteiger partial charge in [0.25, 0.3) is 5.91 Å². The smallest absolute Gasteiger partial charge is 0.377 e. The van der Waals surface area contributed by atoms with E-state index in [4.69, 9.17) is 0 Å². The minimum Gasteiger partial charge on any atom is -0.377 e. The first kappa shape index (κ1) is 28.9. The predicted octanol–water partition coefficient (Wildman–Crippen LogP) is 4.77. The number of nitrogens with zero attached hydrogens (tertiary/aromatic N) is 2. The zero-order chi connectivity index (χ0) is 29.0. The molecule has 6 nitrogen and oxygen atoms in total. The first-order valence-corrected chi connectivity index (χ1v) is 14.3. The third kappa shape index (κ3) is 6.35. The van der Waals surface area contributed by atoms with E-state index >= 15 is 0 Å². The number of carbonyl (C=O) groups excluding carboxylic acids is 2. The van der Waals surface area contributed by atoms with Gasteiger partial charge >= 0.3 is 6.18 Å². The van der Waals surface area contributed by atoms with Gasteiger partial charge in [0.1, 0.15) is 12.0 Å². The fourth-order valence-electron chi connectivity index (χ4n) is 6.33. The number of unbranched alkanes of at least 4 members (excludes halogenated alkanes) is 1. The second-order valence-electron chi connectivity index (χ2n) is 11.3. The van der Waals surface area contributed by atoms with Crippen LogP contribution in [0.5, 0.6) is 0 Å². The summed E-state index contributed by atoms with van der Waals surface area (Å²) in [7, 11) is 1.96. The molecule has 1 fully saturated rings. The zero-order valence-corrected chi connectivity index (χ0v) is 23.3. The Balaban J connectivity index is 1.19. The van der Waals surface area contributed by atoms with Crippen molar-refractivity contribution in [2.45, 2.75) is 49.7 Å². The van der Waals surface area contributed by atoms with Crippen LogP contribution in [0.25, 0.3) is 11.1 Å². The summed E-state index contributed by atoms with van der Waals surface area (Å²) in [5.74, 6) is -0.627. The van der Waals surface area contributed by atoms with Gasteiger partial charge in [0, 0.05) is 38.3 Å². The number of carbonyl (C=O) groups is 2. The fraction of sp³-hybridized carbons (Fsp3) is 0.438. The molecule has 0 bridgehead atoms. The molecule has 0 atom stereocenters. The Bertz CT molecular complexity index is 1280. The van der Waals surface area contributed by atoms with E-state index in [0.29, 0.717) is 18.4 Å². The van der Waals surface area contributed by atoms with Crippen molar-refractivity contribution in [3.8, 4) is 11.1 Å². The van der Waals surface area contributed by atoms with E-state index in [2.05, 4.69) is 15.5 Å². The highest BCUT2D eigenvalue weighted by molar-refractivity contribution is 6.00. The van der Waals surface area contributed by atoms with Crippen LogP contribution in [0, 0.1) is 0 Å². The van der Waals surface area contributed by atoms with E-state index in [-0.39, 0.29) is 11.9 Å². The lowest BCUT2D eigenvalue weighted by atomic mass is 9.73. The first-order chi connectivity index (χ1) is 19.7. The number of hydrogen-bond acceptors (Lipinski definition) is 4. The Kier molecular flexibility index (Phi) is 8.54. The van der Waals surface area contributed by atoms with Crippen LogP contribution in [0.1, 0.15) is 43.2 Å². The molecule has 2 aliphatic heterocycles. The van der Waals surface area contributed by atoms with Crippen LogP contribution in [-0.2, 0) is 15.0 Å². The lowest BCUT2D eigenvalue weighted by Gasteiger charge is -2.33. The number of piperidine rings is 1. The average Bonchev–Trinajstić information content (AvgIpc) is 3.25. The number of amides is 2. The van der Waals surface area contributed by atoms with E-state index in [1.807, 2.05) is 78.8 Å². The zero-order valence-electron chi connectivity index (χ0n) is 23.3. The molecule has 0 aromatic heterocycles. The number of nitrogens with one attached hydrogen (secondary N) is 2. The van der Waals surface area contributed by atoms with Crippen molar-refractivity contribution in [1.29, 1.82) is 0 Å². The number of rotatable bonds is 9. The van der Waals surface area contributed by atoms with Crippen molar-refractivity contribution in [1.82, 2.24) is 20.4 Å². The molecule has 2 aromatic rings. The van der Waals surface area contributed by atoms with Gasteiger partial charge in [-0.2, -0.15) is 13.2 Å². The van der Waals surface area contributed by atoms with Crippen molar-refractivity contribution < 1.29 is 22.8 Å². The van der Waals surface area contributed by atoms with Crippen molar-refractivity contribution in [2.24, 2.45) is 0 Å². The van der Waals surface area contributed by atoms with Gasteiger partial charge in [0.15, 0.2) is 0 Å². The van der Waals surface area contributed by atoms with Crippen molar-refractivity contribution in [3.63, 3.8) is 0 Å². The van der Waals surface area contributed by atoms with Gasteiger partial charge in [-0.1, -0.05) is 61.0 Å². The molecule has 2 aromatic carbocycles. The van der Waals surface area contributed by atoms with Crippen LogP contribution in [0.4, 0.5) is 13.2 Å². The molecule has 0 saturated carbocycles. The minimum absolute atomic E-state index is 0.0287. The van der Waals surface area contributed by atoms with Crippen LogP contribution >= 0.6 is 0 Å². The topological polar surface area (TPSA) is 64.7 Å². The fourth-order valence-corrected chi connectivity index (χ4v) is 6.33. The average molecular weight is 567 g/mol.